The predicted octanol–water partition coefficient (Wildman–Crippen LogP) is 1.000. The van der Waals surface area contributed by atoms with Gasteiger partial charge in [-0.15, -0.1) is 0 Å². The Morgan fingerprint density at radius 2 is 1.75 bits per heavy atom. The van der Waals surface area contributed by atoms with Gasteiger partial charge in [0.2, 0.25) is 11.8 Å². The van der Waals surface area contributed by atoms with E-state index >= 15 is 0 Å². The van der Waals surface area contributed by atoms with Crippen molar-refractivity contribution in [1.29, 1.82) is 0 Å². The summed E-state index contributed by atoms with van der Waals surface area (Å²) in [6, 6.07) is 9.37. The van der Waals surface area contributed by atoms with E-state index in [9.17, 15) is 9.59 Å². The fraction of sp³-hybridized carbons (Fsp3) is 0.333. The van der Waals surface area contributed by atoms with Crippen LogP contribution in [-0.2, 0) is 9.59 Å². The van der Waals surface area contributed by atoms with Crippen LogP contribution in [0.25, 0.3) is 0 Å². The van der Waals surface area contributed by atoms with E-state index in [1.807, 2.05) is 30.3 Å². The summed E-state index contributed by atoms with van der Waals surface area (Å²) in [5, 5.41) is 5.49. The highest BCUT2D eigenvalue weighted by Gasteiger charge is 2.12. The van der Waals surface area contributed by atoms with Crippen LogP contribution in [0, 0.1) is 0 Å². The maximum absolute atomic E-state index is 11.0. The van der Waals surface area contributed by atoms with Gasteiger partial charge in [0.05, 0.1) is 6.04 Å². The third-order valence-electron chi connectivity index (χ3n) is 2.13. The highest BCUT2D eigenvalue weighted by Crippen LogP contribution is 2.11. The van der Waals surface area contributed by atoms with Crippen LogP contribution in [0.3, 0.4) is 0 Å². The summed E-state index contributed by atoms with van der Waals surface area (Å²) in [5.74, 6) is -0.217. The van der Waals surface area contributed by atoms with E-state index in [1.165, 1.54) is 13.8 Å². The summed E-state index contributed by atoms with van der Waals surface area (Å²) >= 11 is 0. The minimum absolute atomic E-state index is 0.105. The number of benzene rings is 1. The highest BCUT2D eigenvalue weighted by molar-refractivity contribution is 5.74. The molecule has 1 unspecified atom stereocenters. The van der Waals surface area contributed by atoms with Crippen LogP contribution in [-0.4, -0.2) is 18.4 Å². The molecular weight excluding hydrogens is 204 g/mol. The molecule has 0 aliphatic rings. The lowest BCUT2D eigenvalue weighted by atomic mass is 10.1. The molecule has 0 aromatic heterocycles. The van der Waals surface area contributed by atoms with Crippen molar-refractivity contribution in [3.8, 4) is 0 Å². The first-order chi connectivity index (χ1) is 7.59. The molecule has 0 saturated heterocycles. The van der Waals surface area contributed by atoms with Crippen LogP contribution in [0.1, 0.15) is 25.5 Å². The second-order valence-electron chi connectivity index (χ2n) is 3.60. The molecule has 0 heterocycles. The molecular formula is C12H16N2O2. The van der Waals surface area contributed by atoms with Gasteiger partial charge in [-0.1, -0.05) is 30.3 Å². The second kappa shape index (κ2) is 5.90. The van der Waals surface area contributed by atoms with Crippen molar-refractivity contribution in [2.24, 2.45) is 0 Å². The van der Waals surface area contributed by atoms with Gasteiger partial charge < -0.3 is 10.6 Å². The molecule has 16 heavy (non-hydrogen) atoms. The molecule has 1 rings (SSSR count). The number of amides is 2. The van der Waals surface area contributed by atoms with E-state index in [2.05, 4.69) is 10.6 Å². The summed E-state index contributed by atoms with van der Waals surface area (Å²) < 4.78 is 0. The fourth-order valence-corrected chi connectivity index (χ4v) is 1.43. The zero-order valence-corrected chi connectivity index (χ0v) is 9.49. The van der Waals surface area contributed by atoms with Gasteiger partial charge in [0, 0.05) is 20.4 Å². The summed E-state index contributed by atoms with van der Waals surface area (Å²) in [6.07, 6.45) is 0. The average Bonchev–Trinajstić information content (AvgIpc) is 2.25. The predicted molar refractivity (Wildman–Crippen MR) is 61.7 cm³/mol. The maximum atomic E-state index is 11.0. The maximum Gasteiger partial charge on any atom is 0.217 e. The van der Waals surface area contributed by atoms with Crippen LogP contribution in [0.15, 0.2) is 30.3 Å². The summed E-state index contributed by atoms with van der Waals surface area (Å²) in [5.41, 5.74) is 0.978. The number of hydrogen-bond donors (Lipinski definition) is 2. The lowest BCUT2D eigenvalue weighted by Crippen LogP contribution is -2.36. The fourth-order valence-electron chi connectivity index (χ4n) is 1.43. The van der Waals surface area contributed by atoms with Crippen molar-refractivity contribution < 1.29 is 9.59 Å². The van der Waals surface area contributed by atoms with E-state index in [1.54, 1.807) is 0 Å². The highest BCUT2D eigenvalue weighted by atomic mass is 16.2. The standard InChI is InChI=1S/C12H16N2O2/c1-9(15)13-8-12(14-10(2)16)11-6-4-3-5-7-11/h3-7,12H,8H2,1-2H3,(H,13,15)(H,14,16). The van der Waals surface area contributed by atoms with Crippen molar-refractivity contribution in [2.45, 2.75) is 19.9 Å². The Balaban J connectivity index is 2.71. The van der Waals surface area contributed by atoms with E-state index in [-0.39, 0.29) is 17.9 Å². The number of hydrogen-bond acceptors (Lipinski definition) is 2. The van der Waals surface area contributed by atoms with E-state index < -0.39 is 0 Å². The zero-order valence-electron chi connectivity index (χ0n) is 9.49. The Morgan fingerprint density at radius 1 is 1.12 bits per heavy atom. The van der Waals surface area contributed by atoms with E-state index in [4.69, 9.17) is 0 Å². The first kappa shape index (κ1) is 12.2. The SMILES string of the molecule is CC(=O)NCC(NC(C)=O)c1ccccc1. The molecule has 2 amide bonds. The molecule has 0 fully saturated rings. The minimum Gasteiger partial charge on any atom is -0.354 e. The summed E-state index contributed by atoms with van der Waals surface area (Å²) in [6.45, 7) is 3.32. The molecule has 0 aliphatic heterocycles. The zero-order chi connectivity index (χ0) is 12.0. The van der Waals surface area contributed by atoms with Crippen LogP contribution < -0.4 is 10.6 Å². The molecule has 0 radical (unpaired) electrons. The molecule has 4 heteroatoms. The molecule has 0 saturated carbocycles. The molecule has 0 spiro atoms. The lowest BCUT2D eigenvalue weighted by molar-refractivity contribution is -0.121. The Hall–Kier alpha value is -1.84. The van der Waals surface area contributed by atoms with Crippen LogP contribution in [0.5, 0.6) is 0 Å². The van der Waals surface area contributed by atoms with Gasteiger partial charge in [0.25, 0.3) is 0 Å². The third kappa shape index (κ3) is 4.13. The van der Waals surface area contributed by atoms with Gasteiger partial charge in [-0.3, -0.25) is 9.59 Å². The number of carbonyl (C=O) groups is 2. The van der Waals surface area contributed by atoms with Gasteiger partial charge in [0.1, 0.15) is 0 Å². The summed E-state index contributed by atoms with van der Waals surface area (Å²) in [7, 11) is 0. The van der Waals surface area contributed by atoms with Gasteiger partial charge in [-0.2, -0.15) is 0 Å². The molecule has 1 atom stereocenters. The minimum atomic E-state index is -0.178. The normalized spacial score (nSPS) is 11.6. The van der Waals surface area contributed by atoms with Crippen molar-refractivity contribution in [3.05, 3.63) is 35.9 Å². The first-order valence-corrected chi connectivity index (χ1v) is 5.16. The van der Waals surface area contributed by atoms with Crippen molar-refractivity contribution >= 4 is 11.8 Å². The molecule has 4 nitrogen and oxygen atoms in total. The van der Waals surface area contributed by atoms with Crippen LogP contribution >= 0.6 is 0 Å². The van der Waals surface area contributed by atoms with Crippen LogP contribution in [0.2, 0.25) is 0 Å². The Kier molecular flexibility index (Phi) is 4.51. The Morgan fingerprint density at radius 3 is 2.25 bits per heavy atom. The third-order valence-corrected chi connectivity index (χ3v) is 2.13. The van der Waals surface area contributed by atoms with Crippen molar-refractivity contribution in [2.75, 3.05) is 6.54 Å². The Bertz CT molecular complexity index is 363. The van der Waals surface area contributed by atoms with Crippen molar-refractivity contribution in [3.63, 3.8) is 0 Å². The summed E-state index contributed by atoms with van der Waals surface area (Å²) in [4.78, 5) is 21.9. The molecule has 1 aromatic carbocycles. The van der Waals surface area contributed by atoms with Gasteiger partial charge >= 0.3 is 0 Å². The quantitative estimate of drug-likeness (QED) is 0.795. The van der Waals surface area contributed by atoms with E-state index in [0.29, 0.717) is 6.54 Å². The van der Waals surface area contributed by atoms with Gasteiger partial charge in [-0.05, 0) is 5.56 Å². The van der Waals surface area contributed by atoms with Gasteiger partial charge in [0.15, 0.2) is 0 Å². The topological polar surface area (TPSA) is 58.2 Å². The number of rotatable bonds is 4. The number of carbonyl (C=O) groups excluding carboxylic acids is 2. The number of nitrogens with one attached hydrogen (secondary N) is 2. The molecule has 0 bridgehead atoms. The lowest BCUT2D eigenvalue weighted by Gasteiger charge is -2.18. The van der Waals surface area contributed by atoms with E-state index in [0.717, 1.165) is 5.56 Å². The monoisotopic (exact) mass is 220 g/mol. The molecule has 0 aliphatic carbocycles. The Labute approximate surface area is 95.0 Å². The average molecular weight is 220 g/mol. The molecule has 1 aromatic rings. The van der Waals surface area contributed by atoms with Crippen LogP contribution in [0.4, 0.5) is 0 Å². The van der Waals surface area contributed by atoms with Gasteiger partial charge in [-0.25, -0.2) is 0 Å². The molecule has 2 N–H and O–H groups in total. The molecule has 86 valence electrons. The second-order valence-corrected chi connectivity index (χ2v) is 3.60. The smallest absolute Gasteiger partial charge is 0.217 e. The first-order valence-electron chi connectivity index (χ1n) is 5.16. The van der Waals surface area contributed by atoms with Crippen molar-refractivity contribution in [1.82, 2.24) is 10.6 Å². The largest absolute Gasteiger partial charge is 0.354 e.